The van der Waals surface area contributed by atoms with E-state index in [4.69, 9.17) is 4.52 Å². The molecule has 0 fully saturated rings. The molecule has 9 heteroatoms. The number of aromatic nitrogens is 1. The lowest BCUT2D eigenvalue weighted by Crippen LogP contribution is -2.39. The number of aliphatic imine (C=N–C) groups is 1. The number of halogens is 1. The smallest absolute Gasteiger partial charge is 0.191 e. The van der Waals surface area contributed by atoms with Gasteiger partial charge in [0.1, 0.15) is 9.84 Å². The summed E-state index contributed by atoms with van der Waals surface area (Å²) in [4.78, 5) is 4.03. The van der Waals surface area contributed by atoms with E-state index in [2.05, 4.69) is 34.6 Å². The SMILES string of the molecule is CCC(CC)c1cc(CNC(=NC)NCCS(C)(=O)=O)on1.I. The van der Waals surface area contributed by atoms with E-state index in [-0.39, 0.29) is 29.7 Å². The van der Waals surface area contributed by atoms with Gasteiger partial charge in [0.25, 0.3) is 0 Å². The molecule has 0 aliphatic carbocycles. The van der Waals surface area contributed by atoms with Crippen molar-refractivity contribution in [2.45, 2.75) is 39.2 Å². The van der Waals surface area contributed by atoms with Gasteiger partial charge in [-0.05, 0) is 12.8 Å². The first-order valence-electron chi connectivity index (χ1n) is 7.47. The predicted octanol–water partition coefficient (Wildman–Crippen LogP) is 1.91. The zero-order valence-corrected chi connectivity index (χ0v) is 17.3. The molecule has 0 aliphatic rings. The van der Waals surface area contributed by atoms with Gasteiger partial charge in [0.2, 0.25) is 0 Å². The van der Waals surface area contributed by atoms with E-state index in [9.17, 15) is 8.42 Å². The lowest BCUT2D eigenvalue weighted by Gasteiger charge is -2.09. The maximum Gasteiger partial charge on any atom is 0.191 e. The fraction of sp³-hybridized carbons (Fsp3) is 0.714. The van der Waals surface area contributed by atoms with Crippen molar-refractivity contribution in [3.63, 3.8) is 0 Å². The summed E-state index contributed by atoms with van der Waals surface area (Å²) in [7, 11) is -1.35. The average Bonchev–Trinajstić information content (AvgIpc) is 2.91. The van der Waals surface area contributed by atoms with E-state index in [1.807, 2.05) is 6.07 Å². The fourth-order valence-corrected chi connectivity index (χ4v) is 2.53. The van der Waals surface area contributed by atoms with E-state index in [1.54, 1.807) is 7.05 Å². The van der Waals surface area contributed by atoms with Crippen LogP contribution in [0.5, 0.6) is 0 Å². The first-order chi connectivity index (χ1) is 10.4. The van der Waals surface area contributed by atoms with Crippen molar-refractivity contribution in [2.75, 3.05) is 25.6 Å². The molecule has 0 bridgehead atoms. The predicted molar refractivity (Wildman–Crippen MR) is 103 cm³/mol. The zero-order chi connectivity index (χ0) is 16.6. The number of sulfone groups is 1. The Bertz CT molecular complexity index is 583. The van der Waals surface area contributed by atoms with Gasteiger partial charge in [-0.3, -0.25) is 4.99 Å². The molecule has 1 rings (SSSR count). The molecule has 1 aromatic rings. The lowest BCUT2D eigenvalue weighted by molar-refractivity contribution is 0.368. The van der Waals surface area contributed by atoms with Crippen LogP contribution in [0.2, 0.25) is 0 Å². The van der Waals surface area contributed by atoms with Crippen LogP contribution in [0.15, 0.2) is 15.6 Å². The van der Waals surface area contributed by atoms with Gasteiger partial charge in [-0.15, -0.1) is 24.0 Å². The number of rotatable bonds is 8. The topological polar surface area (TPSA) is 96.6 Å². The maximum atomic E-state index is 11.1. The van der Waals surface area contributed by atoms with Crippen molar-refractivity contribution in [1.29, 1.82) is 0 Å². The van der Waals surface area contributed by atoms with Crippen molar-refractivity contribution in [2.24, 2.45) is 4.99 Å². The molecule has 0 radical (unpaired) electrons. The highest BCUT2D eigenvalue weighted by atomic mass is 127. The van der Waals surface area contributed by atoms with Crippen LogP contribution in [-0.4, -0.2) is 45.1 Å². The van der Waals surface area contributed by atoms with Crippen molar-refractivity contribution >= 4 is 39.8 Å². The second kappa shape index (κ2) is 10.8. The summed E-state index contributed by atoms with van der Waals surface area (Å²) in [5.41, 5.74) is 0.974. The molecule has 134 valence electrons. The van der Waals surface area contributed by atoms with Gasteiger partial charge < -0.3 is 15.2 Å². The Labute approximate surface area is 155 Å². The number of guanidine groups is 1. The molecule has 7 nitrogen and oxygen atoms in total. The van der Waals surface area contributed by atoms with Crippen molar-refractivity contribution in [3.05, 3.63) is 17.5 Å². The molecule has 0 saturated carbocycles. The maximum absolute atomic E-state index is 11.1. The summed E-state index contributed by atoms with van der Waals surface area (Å²) in [6, 6.07) is 1.95. The second-order valence-corrected chi connectivity index (χ2v) is 7.47. The van der Waals surface area contributed by atoms with Crippen LogP contribution in [-0.2, 0) is 16.4 Å². The largest absolute Gasteiger partial charge is 0.359 e. The van der Waals surface area contributed by atoms with Crippen LogP contribution in [0, 0.1) is 0 Å². The number of hydrogen-bond donors (Lipinski definition) is 2. The fourth-order valence-electron chi connectivity index (χ4n) is 2.06. The van der Waals surface area contributed by atoms with Gasteiger partial charge in [0.15, 0.2) is 11.7 Å². The Kier molecular flexibility index (Phi) is 10.4. The zero-order valence-electron chi connectivity index (χ0n) is 14.1. The quantitative estimate of drug-likeness (QED) is 0.351. The summed E-state index contributed by atoms with van der Waals surface area (Å²) in [5.74, 6) is 1.75. The van der Waals surface area contributed by atoms with Gasteiger partial charge in [0, 0.05) is 31.8 Å². The van der Waals surface area contributed by atoms with Gasteiger partial charge in [-0.25, -0.2) is 8.42 Å². The van der Waals surface area contributed by atoms with Gasteiger partial charge in [-0.2, -0.15) is 0 Å². The molecule has 0 aromatic carbocycles. The van der Waals surface area contributed by atoms with Crippen LogP contribution < -0.4 is 10.6 Å². The summed E-state index contributed by atoms with van der Waals surface area (Å²) in [6.45, 7) is 5.03. The van der Waals surface area contributed by atoms with Crippen LogP contribution in [0.4, 0.5) is 0 Å². The molecule has 23 heavy (non-hydrogen) atoms. The van der Waals surface area contributed by atoms with E-state index in [0.717, 1.165) is 24.3 Å². The highest BCUT2D eigenvalue weighted by molar-refractivity contribution is 14.0. The minimum Gasteiger partial charge on any atom is -0.359 e. The number of nitrogens with zero attached hydrogens (tertiary/aromatic N) is 2. The first-order valence-corrected chi connectivity index (χ1v) is 9.53. The summed E-state index contributed by atoms with van der Waals surface area (Å²) in [5, 5.41) is 10.1. The Balaban J connectivity index is 0.00000484. The Morgan fingerprint density at radius 2 is 2.00 bits per heavy atom. The Hall–Kier alpha value is -0.840. The third kappa shape index (κ3) is 8.54. The van der Waals surface area contributed by atoms with Crippen LogP contribution in [0.25, 0.3) is 0 Å². The molecule has 0 atom stereocenters. The molecule has 1 heterocycles. The first kappa shape index (κ1) is 22.2. The van der Waals surface area contributed by atoms with Crippen LogP contribution in [0.3, 0.4) is 0 Å². The molecule has 0 aliphatic heterocycles. The second-order valence-electron chi connectivity index (χ2n) is 5.21. The third-order valence-electron chi connectivity index (χ3n) is 3.40. The molecule has 0 spiro atoms. The molecule has 0 amide bonds. The highest BCUT2D eigenvalue weighted by Gasteiger charge is 2.13. The molecule has 0 saturated heterocycles. The third-order valence-corrected chi connectivity index (χ3v) is 4.35. The minimum absolute atomic E-state index is 0. The van der Waals surface area contributed by atoms with E-state index < -0.39 is 9.84 Å². The van der Waals surface area contributed by atoms with E-state index >= 15 is 0 Å². The average molecular weight is 458 g/mol. The van der Waals surface area contributed by atoms with Crippen molar-refractivity contribution in [3.8, 4) is 0 Å². The summed E-state index contributed by atoms with van der Waals surface area (Å²) in [6.07, 6.45) is 3.27. The lowest BCUT2D eigenvalue weighted by atomic mass is 9.99. The van der Waals surface area contributed by atoms with Crippen molar-refractivity contribution < 1.29 is 12.9 Å². The molecule has 2 N–H and O–H groups in total. The van der Waals surface area contributed by atoms with Crippen LogP contribution >= 0.6 is 24.0 Å². The van der Waals surface area contributed by atoms with E-state index in [0.29, 0.717) is 25.0 Å². The number of hydrogen-bond acceptors (Lipinski definition) is 5. The normalized spacial score (nSPS) is 12.1. The van der Waals surface area contributed by atoms with Gasteiger partial charge in [0.05, 0.1) is 18.0 Å². The van der Waals surface area contributed by atoms with E-state index in [1.165, 1.54) is 6.26 Å². The molecular weight excluding hydrogens is 431 g/mol. The van der Waals surface area contributed by atoms with Crippen LogP contribution in [0.1, 0.15) is 44.1 Å². The summed E-state index contributed by atoms with van der Waals surface area (Å²) < 4.78 is 27.5. The molecule has 0 unspecified atom stereocenters. The Morgan fingerprint density at radius 3 is 2.52 bits per heavy atom. The monoisotopic (exact) mass is 458 g/mol. The molecular formula is C14H27IN4O3S. The molecule has 1 aromatic heterocycles. The van der Waals surface area contributed by atoms with Crippen molar-refractivity contribution in [1.82, 2.24) is 15.8 Å². The standard InChI is InChI=1S/C14H26N4O3S.HI/c1-5-11(6-2)13-9-12(21-18-13)10-17-14(15-3)16-7-8-22(4,19)20;/h9,11H,5-8,10H2,1-4H3,(H2,15,16,17);1H. The minimum atomic E-state index is -2.98. The van der Waals surface area contributed by atoms with Gasteiger partial charge in [-0.1, -0.05) is 19.0 Å². The number of nitrogens with one attached hydrogen (secondary N) is 2. The Morgan fingerprint density at radius 1 is 1.35 bits per heavy atom. The summed E-state index contributed by atoms with van der Waals surface area (Å²) >= 11 is 0. The van der Waals surface area contributed by atoms with Gasteiger partial charge >= 0.3 is 0 Å². The highest BCUT2D eigenvalue weighted by Crippen LogP contribution is 2.22.